The third-order valence-corrected chi connectivity index (χ3v) is 3.49. The van der Waals surface area contributed by atoms with Crippen molar-refractivity contribution in [3.63, 3.8) is 0 Å². The quantitative estimate of drug-likeness (QED) is 0.754. The highest BCUT2D eigenvalue weighted by Crippen LogP contribution is 2.21. The highest BCUT2D eigenvalue weighted by atomic mass is 16.5. The van der Waals surface area contributed by atoms with Crippen LogP contribution < -0.4 is 10.1 Å². The summed E-state index contributed by atoms with van der Waals surface area (Å²) >= 11 is 0. The Morgan fingerprint density at radius 3 is 2.83 bits per heavy atom. The summed E-state index contributed by atoms with van der Waals surface area (Å²) in [5.74, 6) is 0.952. The van der Waals surface area contributed by atoms with Gasteiger partial charge in [0.25, 0.3) is 0 Å². The predicted octanol–water partition coefficient (Wildman–Crippen LogP) is 2.61. The van der Waals surface area contributed by atoms with E-state index in [-0.39, 0.29) is 0 Å². The van der Waals surface area contributed by atoms with Crippen molar-refractivity contribution in [2.45, 2.75) is 37.8 Å². The van der Waals surface area contributed by atoms with Crippen molar-refractivity contribution in [2.75, 3.05) is 20.3 Å². The Labute approximate surface area is 109 Å². The third kappa shape index (κ3) is 4.00. The minimum atomic E-state index is 0.403. The largest absolute Gasteiger partial charge is 0.494 e. The molecule has 0 aliphatic heterocycles. The van der Waals surface area contributed by atoms with E-state index in [1.54, 1.807) is 0 Å². The van der Waals surface area contributed by atoms with Gasteiger partial charge in [0.05, 0.1) is 12.7 Å². The van der Waals surface area contributed by atoms with Crippen LogP contribution >= 0.6 is 0 Å². The molecule has 1 aliphatic rings. The number of methoxy groups -OCH3 is 1. The number of ether oxygens (including phenoxy) is 2. The number of hydrogen-bond acceptors (Lipinski definition) is 3. The van der Waals surface area contributed by atoms with E-state index in [1.165, 1.54) is 19.3 Å². The lowest BCUT2D eigenvalue weighted by molar-refractivity contribution is 0.0848. The summed E-state index contributed by atoms with van der Waals surface area (Å²) in [4.78, 5) is 0. The maximum Gasteiger partial charge on any atom is 0.119 e. The molecule has 1 N–H and O–H groups in total. The Morgan fingerprint density at radius 1 is 1.22 bits per heavy atom. The zero-order valence-electron chi connectivity index (χ0n) is 11.1. The van der Waals surface area contributed by atoms with Crippen LogP contribution in [0.15, 0.2) is 30.3 Å². The molecule has 0 bridgehead atoms. The molecule has 0 aromatic heterocycles. The van der Waals surface area contributed by atoms with Gasteiger partial charge in [-0.2, -0.15) is 0 Å². The lowest BCUT2D eigenvalue weighted by atomic mass is 10.2. The molecule has 2 rings (SSSR count). The molecule has 0 amide bonds. The Balaban J connectivity index is 1.56. The Kier molecular flexibility index (Phi) is 5.49. The molecule has 18 heavy (non-hydrogen) atoms. The molecule has 0 spiro atoms. The van der Waals surface area contributed by atoms with Crippen molar-refractivity contribution in [1.29, 1.82) is 0 Å². The molecule has 1 fully saturated rings. The van der Waals surface area contributed by atoms with Crippen LogP contribution in [0.4, 0.5) is 0 Å². The molecule has 1 aliphatic carbocycles. The van der Waals surface area contributed by atoms with Gasteiger partial charge in [0, 0.05) is 13.2 Å². The summed E-state index contributed by atoms with van der Waals surface area (Å²) in [6.07, 6.45) is 5.13. The minimum Gasteiger partial charge on any atom is -0.494 e. The van der Waals surface area contributed by atoms with Gasteiger partial charge in [0.1, 0.15) is 5.75 Å². The van der Waals surface area contributed by atoms with Crippen molar-refractivity contribution in [2.24, 2.45) is 0 Å². The van der Waals surface area contributed by atoms with E-state index in [1.807, 2.05) is 37.4 Å². The van der Waals surface area contributed by atoms with Gasteiger partial charge in [-0.3, -0.25) is 0 Å². The standard InChI is InChI=1S/C15H23NO2/c1-17-15-10-5-9-14(15)16-11-6-12-18-13-7-3-2-4-8-13/h2-4,7-8,14-16H,5-6,9-12H2,1H3. The maximum atomic E-state index is 5.65. The van der Waals surface area contributed by atoms with Gasteiger partial charge in [0.15, 0.2) is 0 Å². The van der Waals surface area contributed by atoms with E-state index in [9.17, 15) is 0 Å². The molecule has 3 heteroatoms. The van der Waals surface area contributed by atoms with Crippen LogP contribution in [0.3, 0.4) is 0 Å². The summed E-state index contributed by atoms with van der Waals surface area (Å²) in [6.45, 7) is 1.76. The van der Waals surface area contributed by atoms with Crippen LogP contribution in [0.2, 0.25) is 0 Å². The molecule has 2 unspecified atom stereocenters. The van der Waals surface area contributed by atoms with E-state index < -0.39 is 0 Å². The lowest BCUT2D eigenvalue weighted by Crippen LogP contribution is -2.37. The van der Waals surface area contributed by atoms with Gasteiger partial charge in [0.2, 0.25) is 0 Å². The van der Waals surface area contributed by atoms with Crippen molar-refractivity contribution < 1.29 is 9.47 Å². The molecule has 0 radical (unpaired) electrons. The SMILES string of the molecule is COC1CCCC1NCCCOc1ccccc1. The van der Waals surface area contributed by atoms with Crippen molar-refractivity contribution in [3.8, 4) is 5.75 Å². The zero-order chi connectivity index (χ0) is 12.6. The first-order chi connectivity index (χ1) is 8.90. The van der Waals surface area contributed by atoms with Crippen molar-refractivity contribution in [3.05, 3.63) is 30.3 Å². The molecule has 0 saturated heterocycles. The lowest BCUT2D eigenvalue weighted by Gasteiger charge is -2.19. The van der Waals surface area contributed by atoms with E-state index in [0.29, 0.717) is 12.1 Å². The van der Waals surface area contributed by atoms with Gasteiger partial charge in [-0.25, -0.2) is 0 Å². The first-order valence-electron chi connectivity index (χ1n) is 6.84. The van der Waals surface area contributed by atoms with Crippen LogP contribution in [-0.4, -0.2) is 32.4 Å². The average molecular weight is 249 g/mol. The predicted molar refractivity (Wildman–Crippen MR) is 73.0 cm³/mol. The van der Waals surface area contributed by atoms with Crippen molar-refractivity contribution in [1.82, 2.24) is 5.32 Å². The van der Waals surface area contributed by atoms with Crippen LogP contribution in [0.5, 0.6) is 5.75 Å². The molecule has 1 aromatic carbocycles. The fraction of sp³-hybridized carbons (Fsp3) is 0.600. The highest BCUT2D eigenvalue weighted by molar-refractivity contribution is 5.20. The number of para-hydroxylation sites is 1. The van der Waals surface area contributed by atoms with Gasteiger partial charge in [-0.05, 0) is 44.4 Å². The fourth-order valence-electron chi connectivity index (χ4n) is 2.51. The second-order valence-electron chi connectivity index (χ2n) is 4.78. The summed E-state index contributed by atoms with van der Waals surface area (Å²) in [5, 5.41) is 3.56. The number of benzene rings is 1. The summed E-state index contributed by atoms with van der Waals surface area (Å²) < 4.78 is 11.1. The van der Waals surface area contributed by atoms with Crippen LogP contribution in [0.1, 0.15) is 25.7 Å². The minimum absolute atomic E-state index is 0.403. The molecule has 1 saturated carbocycles. The Bertz CT molecular complexity index is 329. The number of hydrogen-bond donors (Lipinski definition) is 1. The second kappa shape index (κ2) is 7.39. The third-order valence-electron chi connectivity index (χ3n) is 3.49. The molecular weight excluding hydrogens is 226 g/mol. The van der Waals surface area contributed by atoms with Crippen LogP contribution in [-0.2, 0) is 4.74 Å². The highest BCUT2D eigenvalue weighted by Gasteiger charge is 2.25. The van der Waals surface area contributed by atoms with E-state index >= 15 is 0 Å². The summed E-state index contributed by atoms with van der Waals surface area (Å²) in [5.41, 5.74) is 0. The normalized spacial score (nSPS) is 23.2. The average Bonchev–Trinajstić information content (AvgIpc) is 2.87. The van der Waals surface area contributed by atoms with E-state index in [2.05, 4.69) is 5.32 Å². The van der Waals surface area contributed by atoms with Gasteiger partial charge in [-0.1, -0.05) is 18.2 Å². The molecule has 0 heterocycles. The van der Waals surface area contributed by atoms with Crippen molar-refractivity contribution >= 4 is 0 Å². The first-order valence-corrected chi connectivity index (χ1v) is 6.84. The second-order valence-corrected chi connectivity index (χ2v) is 4.78. The molecule has 2 atom stereocenters. The molecule has 3 nitrogen and oxygen atoms in total. The molecule has 1 aromatic rings. The monoisotopic (exact) mass is 249 g/mol. The topological polar surface area (TPSA) is 30.5 Å². The molecular formula is C15H23NO2. The van der Waals surface area contributed by atoms with Crippen LogP contribution in [0.25, 0.3) is 0 Å². The summed E-state index contributed by atoms with van der Waals surface area (Å²) in [7, 11) is 1.81. The maximum absolute atomic E-state index is 5.65. The van der Waals surface area contributed by atoms with E-state index in [0.717, 1.165) is 25.3 Å². The summed E-state index contributed by atoms with van der Waals surface area (Å²) in [6, 6.07) is 10.5. The number of nitrogens with one attached hydrogen (secondary N) is 1. The van der Waals surface area contributed by atoms with Gasteiger partial charge >= 0.3 is 0 Å². The molecule has 100 valence electrons. The number of rotatable bonds is 7. The van der Waals surface area contributed by atoms with Crippen LogP contribution in [0, 0.1) is 0 Å². The van der Waals surface area contributed by atoms with Gasteiger partial charge in [-0.15, -0.1) is 0 Å². The Morgan fingerprint density at radius 2 is 2.06 bits per heavy atom. The van der Waals surface area contributed by atoms with E-state index in [4.69, 9.17) is 9.47 Å². The zero-order valence-corrected chi connectivity index (χ0v) is 11.1. The fourth-order valence-corrected chi connectivity index (χ4v) is 2.51. The van der Waals surface area contributed by atoms with Gasteiger partial charge < -0.3 is 14.8 Å². The first kappa shape index (κ1) is 13.4. The Hall–Kier alpha value is -1.06. The smallest absolute Gasteiger partial charge is 0.119 e.